The van der Waals surface area contributed by atoms with Crippen molar-refractivity contribution in [3.63, 3.8) is 0 Å². The molecule has 0 aliphatic heterocycles. The van der Waals surface area contributed by atoms with E-state index in [0.29, 0.717) is 16.0 Å². The van der Waals surface area contributed by atoms with Crippen LogP contribution in [-0.4, -0.2) is 4.98 Å². The number of halogens is 2. The minimum Gasteiger partial charge on any atom is -0.373 e. The van der Waals surface area contributed by atoms with Crippen LogP contribution >= 0.6 is 23.2 Å². The van der Waals surface area contributed by atoms with Gasteiger partial charge >= 0.3 is 0 Å². The van der Waals surface area contributed by atoms with Gasteiger partial charge in [-0.3, -0.25) is 4.98 Å². The quantitative estimate of drug-likeness (QED) is 0.558. The Labute approximate surface area is 157 Å². The fourth-order valence-electron chi connectivity index (χ4n) is 2.96. The Morgan fingerprint density at radius 2 is 1.68 bits per heavy atom. The maximum atomic E-state index is 6.18. The second kappa shape index (κ2) is 7.07. The van der Waals surface area contributed by atoms with Gasteiger partial charge in [-0.1, -0.05) is 59.6 Å². The molecular formula is C21H18Cl2N2. The van der Waals surface area contributed by atoms with E-state index in [9.17, 15) is 0 Å². The van der Waals surface area contributed by atoms with Crippen LogP contribution in [0.3, 0.4) is 0 Å². The summed E-state index contributed by atoms with van der Waals surface area (Å²) in [6.45, 7) is 0. The van der Waals surface area contributed by atoms with Crippen LogP contribution in [0.5, 0.6) is 0 Å². The third-order valence-electron chi connectivity index (χ3n) is 4.45. The van der Waals surface area contributed by atoms with E-state index in [2.05, 4.69) is 35.6 Å². The van der Waals surface area contributed by atoms with Crippen LogP contribution in [0.2, 0.25) is 10.0 Å². The fourth-order valence-corrected chi connectivity index (χ4v) is 3.26. The first-order valence-corrected chi connectivity index (χ1v) is 9.20. The van der Waals surface area contributed by atoms with Crippen molar-refractivity contribution in [2.45, 2.75) is 24.8 Å². The first-order valence-electron chi connectivity index (χ1n) is 8.44. The number of nitrogens with one attached hydrogen (secondary N) is 1. The van der Waals surface area contributed by atoms with Crippen LogP contribution < -0.4 is 5.32 Å². The molecule has 1 saturated carbocycles. The maximum Gasteiger partial charge on any atom is 0.0940 e. The largest absolute Gasteiger partial charge is 0.373 e. The average molecular weight is 369 g/mol. The van der Waals surface area contributed by atoms with E-state index < -0.39 is 0 Å². The molecule has 0 saturated heterocycles. The third-order valence-corrected chi connectivity index (χ3v) is 5.19. The van der Waals surface area contributed by atoms with E-state index >= 15 is 0 Å². The van der Waals surface area contributed by atoms with Crippen molar-refractivity contribution in [3.8, 4) is 0 Å². The Morgan fingerprint density at radius 1 is 0.880 bits per heavy atom. The highest BCUT2D eigenvalue weighted by Crippen LogP contribution is 2.39. The first-order chi connectivity index (χ1) is 12.2. The number of hydrogen-bond acceptors (Lipinski definition) is 2. The van der Waals surface area contributed by atoms with Gasteiger partial charge in [0.15, 0.2) is 0 Å². The van der Waals surface area contributed by atoms with Crippen molar-refractivity contribution in [3.05, 3.63) is 93.7 Å². The number of benzene rings is 2. The molecule has 1 N–H and O–H groups in total. The standard InChI is InChI=1S/C21H18Cl2N2/c22-17-12-11-16(13-18(17)23)24-21(15-5-2-1-3-6-15)20-8-4-7-19(25-20)14-9-10-14/h1-8,11-14,21,24H,9-10H2. The summed E-state index contributed by atoms with van der Waals surface area (Å²) in [4.78, 5) is 4.93. The summed E-state index contributed by atoms with van der Waals surface area (Å²) in [5, 5.41) is 4.65. The molecule has 4 heteroatoms. The maximum absolute atomic E-state index is 6.18. The minimum atomic E-state index is -0.0443. The van der Waals surface area contributed by atoms with Crippen LogP contribution in [0.4, 0.5) is 5.69 Å². The molecular weight excluding hydrogens is 351 g/mol. The van der Waals surface area contributed by atoms with Gasteiger partial charge in [0.2, 0.25) is 0 Å². The van der Waals surface area contributed by atoms with Crippen LogP contribution in [0.25, 0.3) is 0 Å². The molecule has 2 nitrogen and oxygen atoms in total. The zero-order valence-corrected chi connectivity index (χ0v) is 15.1. The molecule has 0 radical (unpaired) electrons. The predicted molar refractivity (Wildman–Crippen MR) is 105 cm³/mol. The van der Waals surface area contributed by atoms with E-state index in [1.54, 1.807) is 0 Å². The van der Waals surface area contributed by atoms with Crippen molar-refractivity contribution in [2.24, 2.45) is 0 Å². The number of pyridine rings is 1. The summed E-state index contributed by atoms with van der Waals surface area (Å²) >= 11 is 12.2. The van der Waals surface area contributed by atoms with Crippen LogP contribution in [0.1, 0.15) is 41.8 Å². The SMILES string of the molecule is Clc1ccc(NC(c2ccccc2)c2cccc(C3CC3)n2)cc1Cl. The molecule has 126 valence electrons. The second-order valence-corrected chi connectivity index (χ2v) is 7.19. The number of hydrogen-bond donors (Lipinski definition) is 1. The summed E-state index contributed by atoms with van der Waals surface area (Å²) in [5.41, 5.74) is 4.28. The average Bonchev–Trinajstić information content (AvgIpc) is 3.49. The molecule has 2 aromatic carbocycles. The number of aromatic nitrogens is 1. The zero-order chi connectivity index (χ0) is 17.2. The van der Waals surface area contributed by atoms with Crippen LogP contribution in [0, 0.1) is 0 Å². The fraction of sp³-hybridized carbons (Fsp3) is 0.190. The van der Waals surface area contributed by atoms with Gasteiger partial charge in [0.05, 0.1) is 21.8 Å². The van der Waals surface area contributed by atoms with Gasteiger partial charge in [0, 0.05) is 17.3 Å². The monoisotopic (exact) mass is 368 g/mol. The molecule has 1 heterocycles. The van der Waals surface area contributed by atoms with E-state index in [1.807, 2.05) is 36.4 Å². The molecule has 0 amide bonds. The normalized spacial score (nSPS) is 15.0. The molecule has 1 fully saturated rings. The summed E-state index contributed by atoms with van der Waals surface area (Å²) < 4.78 is 0. The molecule has 25 heavy (non-hydrogen) atoms. The molecule has 0 bridgehead atoms. The topological polar surface area (TPSA) is 24.9 Å². The van der Waals surface area contributed by atoms with Crippen molar-refractivity contribution < 1.29 is 0 Å². The van der Waals surface area contributed by atoms with Gasteiger partial charge in [-0.05, 0) is 48.7 Å². The molecule has 1 aliphatic carbocycles. The Hall–Kier alpha value is -2.03. The Balaban J connectivity index is 1.71. The van der Waals surface area contributed by atoms with Gasteiger partial charge in [-0.2, -0.15) is 0 Å². The van der Waals surface area contributed by atoms with Crippen LogP contribution in [-0.2, 0) is 0 Å². The highest BCUT2D eigenvalue weighted by atomic mass is 35.5. The first kappa shape index (κ1) is 16.4. The molecule has 0 spiro atoms. The lowest BCUT2D eigenvalue weighted by Gasteiger charge is -2.21. The minimum absolute atomic E-state index is 0.0443. The number of anilines is 1. The van der Waals surface area contributed by atoms with E-state index in [0.717, 1.165) is 16.9 Å². The molecule has 1 aliphatic rings. The van der Waals surface area contributed by atoms with Gasteiger partial charge in [-0.25, -0.2) is 0 Å². The Bertz CT molecular complexity index is 876. The van der Waals surface area contributed by atoms with Gasteiger partial charge in [0.1, 0.15) is 0 Å². The highest BCUT2D eigenvalue weighted by Gasteiger charge is 2.26. The van der Waals surface area contributed by atoms with Crippen LogP contribution in [0.15, 0.2) is 66.7 Å². The summed E-state index contributed by atoms with van der Waals surface area (Å²) in [6.07, 6.45) is 2.49. The smallest absolute Gasteiger partial charge is 0.0940 e. The molecule has 1 aromatic heterocycles. The van der Waals surface area contributed by atoms with Crippen molar-refractivity contribution in [2.75, 3.05) is 5.32 Å². The number of rotatable bonds is 5. The molecule has 4 rings (SSSR count). The Kier molecular flexibility index (Phi) is 4.65. The van der Waals surface area contributed by atoms with E-state index in [4.69, 9.17) is 28.2 Å². The number of nitrogens with zero attached hydrogens (tertiary/aromatic N) is 1. The van der Waals surface area contributed by atoms with E-state index in [-0.39, 0.29) is 6.04 Å². The van der Waals surface area contributed by atoms with Crippen molar-refractivity contribution in [1.29, 1.82) is 0 Å². The Morgan fingerprint density at radius 3 is 2.40 bits per heavy atom. The summed E-state index contributed by atoms with van der Waals surface area (Å²) in [6, 6.07) is 22.2. The predicted octanol–water partition coefficient (Wildman–Crippen LogP) is 6.47. The summed E-state index contributed by atoms with van der Waals surface area (Å²) in [7, 11) is 0. The molecule has 1 unspecified atom stereocenters. The van der Waals surface area contributed by atoms with Gasteiger partial charge < -0.3 is 5.32 Å². The van der Waals surface area contributed by atoms with Gasteiger partial charge in [0.25, 0.3) is 0 Å². The molecule has 3 aromatic rings. The van der Waals surface area contributed by atoms with Crippen molar-refractivity contribution >= 4 is 28.9 Å². The zero-order valence-electron chi connectivity index (χ0n) is 13.6. The third kappa shape index (κ3) is 3.81. The van der Waals surface area contributed by atoms with E-state index in [1.165, 1.54) is 18.5 Å². The van der Waals surface area contributed by atoms with Gasteiger partial charge in [-0.15, -0.1) is 0 Å². The second-order valence-electron chi connectivity index (χ2n) is 6.38. The highest BCUT2D eigenvalue weighted by molar-refractivity contribution is 6.42. The lowest BCUT2D eigenvalue weighted by Crippen LogP contribution is -2.14. The lowest BCUT2D eigenvalue weighted by atomic mass is 10.0. The summed E-state index contributed by atoms with van der Waals surface area (Å²) in [5.74, 6) is 0.626. The lowest BCUT2D eigenvalue weighted by molar-refractivity contribution is 0.858. The molecule has 1 atom stereocenters. The van der Waals surface area contributed by atoms with Crippen molar-refractivity contribution in [1.82, 2.24) is 4.98 Å².